The molecule has 0 radical (unpaired) electrons. The number of benzene rings is 4. The summed E-state index contributed by atoms with van der Waals surface area (Å²) in [6.45, 7) is 4.22. The zero-order chi connectivity index (χ0) is 36.0. The summed E-state index contributed by atoms with van der Waals surface area (Å²) in [7, 11) is -3.48. The second kappa shape index (κ2) is 22.8. The molecule has 0 saturated carbocycles. The van der Waals surface area contributed by atoms with Gasteiger partial charge in [-0.3, -0.25) is 0 Å². The largest absolute Gasteiger partial charge is 0.491 e. The highest BCUT2D eigenvalue weighted by Gasteiger charge is 2.26. The lowest BCUT2D eigenvalue weighted by atomic mass is 10.1. The van der Waals surface area contributed by atoms with Gasteiger partial charge in [0.25, 0.3) is 0 Å². The summed E-state index contributed by atoms with van der Waals surface area (Å²) >= 11 is 0. The fourth-order valence-corrected chi connectivity index (χ4v) is 8.00. The SMILES string of the molecule is CC(CCCCCCC(CS(=O)(=O)CC(CCCCCCC(C)Oc1ccccc1)Oc1ccccc1)Oc1ccccc1)Oc1ccccc1. The fourth-order valence-electron chi connectivity index (χ4n) is 6.27. The van der Waals surface area contributed by atoms with Crippen molar-refractivity contribution in [1.29, 1.82) is 0 Å². The Bertz CT molecular complexity index is 1440. The second-order valence-corrected chi connectivity index (χ2v) is 15.8. The molecule has 4 aromatic rings. The zero-order valence-corrected chi connectivity index (χ0v) is 31.4. The van der Waals surface area contributed by atoms with Gasteiger partial charge in [-0.05, 0) is 114 Å². The molecule has 0 saturated heterocycles. The third kappa shape index (κ3) is 17.2. The highest BCUT2D eigenvalue weighted by molar-refractivity contribution is 7.91. The van der Waals surface area contributed by atoms with E-state index in [9.17, 15) is 8.42 Å². The minimum absolute atomic E-state index is 0.0300. The number of hydrogen-bond acceptors (Lipinski definition) is 6. The van der Waals surface area contributed by atoms with E-state index in [1.807, 2.05) is 121 Å². The summed E-state index contributed by atoms with van der Waals surface area (Å²) in [6, 6.07) is 39.0. The predicted molar refractivity (Wildman–Crippen MR) is 209 cm³/mol. The second-order valence-electron chi connectivity index (χ2n) is 13.6. The average Bonchev–Trinajstić information content (AvgIpc) is 3.12. The van der Waals surface area contributed by atoms with E-state index in [4.69, 9.17) is 18.9 Å². The number of ether oxygens (including phenoxy) is 4. The smallest absolute Gasteiger partial charge is 0.157 e. The summed E-state index contributed by atoms with van der Waals surface area (Å²) in [5, 5.41) is 0. The maximum absolute atomic E-state index is 13.8. The van der Waals surface area contributed by atoms with Crippen LogP contribution in [0, 0.1) is 0 Å². The highest BCUT2D eigenvalue weighted by Crippen LogP contribution is 2.22. The number of para-hydroxylation sites is 4. The summed E-state index contributed by atoms with van der Waals surface area (Å²) < 4.78 is 52.1. The molecule has 0 aromatic heterocycles. The first-order valence-electron chi connectivity index (χ1n) is 18.9. The van der Waals surface area contributed by atoms with E-state index in [1.54, 1.807) is 0 Å². The first-order valence-corrected chi connectivity index (χ1v) is 20.7. The van der Waals surface area contributed by atoms with E-state index in [-0.39, 0.29) is 23.7 Å². The molecule has 0 aliphatic rings. The van der Waals surface area contributed by atoms with Gasteiger partial charge in [-0.25, -0.2) is 8.42 Å². The van der Waals surface area contributed by atoms with Crippen molar-refractivity contribution in [1.82, 2.24) is 0 Å². The maximum Gasteiger partial charge on any atom is 0.157 e. The van der Waals surface area contributed by atoms with Crippen LogP contribution < -0.4 is 18.9 Å². The molecule has 4 unspecified atom stereocenters. The van der Waals surface area contributed by atoms with Crippen LogP contribution in [-0.2, 0) is 9.84 Å². The van der Waals surface area contributed by atoms with Crippen LogP contribution in [-0.4, -0.2) is 44.3 Å². The van der Waals surface area contributed by atoms with Gasteiger partial charge in [0, 0.05) is 0 Å². The van der Waals surface area contributed by atoms with Crippen molar-refractivity contribution >= 4 is 9.84 Å². The first kappa shape index (κ1) is 39.8. The zero-order valence-electron chi connectivity index (χ0n) is 30.6. The molecular formula is C44H58O6S. The summed E-state index contributed by atoms with van der Waals surface area (Å²) in [4.78, 5) is 0. The van der Waals surface area contributed by atoms with Gasteiger partial charge in [-0.1, -0.05) is 98.5 Å². The van der Waals surface area contributed by atoms with Crippen molar-refractivity contribution in [3.8, 4) is 23.0 Å². The van der Waals surface area contributed by atoms with Crippen molar-refractivity contribution in [2.75, 3.05) is 11.5 Å². The Kier molecular flexibility index (Phi) is 17.8. The quantitative estimate of drug-likeness (QED) is 0.0603. The minimum Gasteiger partial charge on any atom is -0.491 e. The lowest BCUT2D eigenvalue weighted by molar-refractivity contribution is 0.197. The van der Waals surface area contributed by atoms with Crippen LogP contribution in [0.3, 0.4) is 0 Å². The van der Waals surface area contributed by atoms with Gasteiger partial charge < -0.3 is 18.9 Å². The average molecular weight is 715 g/mol. The van der Waals surface area contributed by atoms with Crippen LogP contribution in [0.25, 0.3) is 0 Å². The molecule has 7 heteroatoms. The van der Waals surface area contributed by atoms with Gasteiger partial charge in [-0.15, -0.1) is 0 Å². The van der Waals surface area contributed by atoms with Crippen LogP contribution >= 0.6 is 0 Å². The Morgan fingerprint density at radius 2 is 0.667 bits per heavy atom. The molecule has 4 aromatic carbocycles. The normalized spacial score (nSPS) is 13.8. The van der Waals surface area contributed by atoms with E-state index in [0.29, 0.717) is 24.3 Å². The number of unbranched alkanes of at least 4 members (excludes halogenated alkanes) is 6. The number of sulfone groups is 1. The highest BCUT2D eigenvalue weighted by atomic mass is 32.2. The van der Waals surface area contributed by atoms with Gasteiger partial charge in [0.2, 0.25) is 0 Å². The molecular weight excluding hydrogens is 657 g/mol. The summed E-state index contributed by atoms with van der Waals surface area (Å²) in [5.74, 6) is 3.14. The van der Waals surface area contributed by atoms with Crippen molar-refractivity contribution in [3.05, 3.63) is 121 Å². The predicted octanol–water partition coefficient (Wildman–Crippen LogP) is 10.9. The van der Waals surface area contributed by atoms with Crippen LogP contribution in [0.1, 0.15) is 90.9 Å². The Morgan fingerprint density at radius 3 is 0.980 bits per heavy atom. The van der Waals surface area contributed by atoms with E-state index in [1.165, 1.54) is 0 Å². The lowest BCUT2D eigenvalue weighted by Crippen LogP contribution is -2.34. The van der Waals surface area contributed by atoms with Crippen molar-refractivity contribution in [2.24, 2.45) is 0 Å². The van der Waals surface area contributed by atoms with Crippen molar-refractivity contribution in [3.63, 3.8) is 0 Å². The Balaban J connectivity index is 1.24. The van der Waals surface area contributed by atoms with E-state index < -0.39 is 22.0 Å². The Morgan fingerprint density at radius 1 is 0.392 bits per heavy atom. The third-order valence-electron chi connectivity index (χ3n) is 8.91. The topological polar surface area (TPSA) is 71.1 Å². The lowest BCUT2D eigenvalue weighted by Gasteiger charge is -2.23. The van der Waals surface area contributed by atoms with Crippen molar-refractivity contribution in [2.45, 2.75) is 115 Å². The van der Waals surface area contributed by atoms with Gasteiger partial charge in [-0.2, -0.15) is 0 Å². The Labute approximate surface area is 307 Å². The van der Waals surface area contributed by atoms with Gasteiger partial charge >= 0.3 is 0 Å². The molecule has 0 bridgehead atoms. The van der Waals surface area contributed by atoms with Crippen LogP contribution in [0.15, 0.2) is 121 Å². The Hall–Kier alpha value is -3.97. The first-order chi connectivity index (χ1) is 24.8. The molecule has 276 valence electrons. The van der Waals surface area contributed by atoms with Gasteiger partial charge in [0.15, 0.2) is 9.84 Å². The van der Waals surface area contributed by atoms with Crippen LogP contribution in [0.2, 0.25) is 0 Å². The van der Waals surface area contributed by atoms with Gasteiger partial charge in [0.1, 0.15) is 35.2 Å². The van der Waals surface area contributed by atoms with E-state index in [2.05, 4.69) is 13.8 Å². The van der Waals surface area contributed by atoms with Crippen molar-refractivity contribution < 1.29 is 27.4 Å². The molecule has 0 spiro atoms. The molecule has 0 fully saturated rings. The van der Waals surface area contributed by atoms with Crippen LogP contribution in [0.4, 0.5) is 0 Å². The van der Waals surface area contributed by atoms with E-state index in [0.717, 1.165) is 75.7 Å². The molecule has 0 heterocycles. The number of hydrogen-bond donors (Lipinski definition) is 0. The molecule has 0 aliphatic heterocycles. The standard InChI is InChI=1S/C44H58O6S/c1-37(47-39-25-15-7-16-26-39)23-11-3-5-13-33-43(49-41-29-19-9-20-30-41)35-51(45,46)36-44(50-42-31-21-10-22-32-42)34-14-6-4-12-24-38(2)48-40-27-17-8-18-28-40/h7-10,15-22,25-32,37-38,43-44H,3-6,11-14,23-24,33-36H2,1-2H3. The molecule has 6 nitrogen and oxygen atoms in total. The molecule has 0 N–H and O–H groups in total. The molecule has 51 heavy (non-hydrogen) atoms. The van der Waals surface area contributed by atoms with E-state index >= 15 is 0 Å². The molecule has 0 aliphatic carbocycles. The minimum atomic E-state index is -3.48. The number of rotatable bonds is 26. The van der Waals surface area contributed by atoms with Crippen LogP contribution in [0.5, 0.6) is 23.0 Å². The monoisotopic (exact) mass is 714 g/mol. The summed E-state index contributed by atoms with van der Waals surface area (Å²) in [5.41, 5.74) is 0. The maximum atomic E-state index is 13.8. The molecule has 0 amide bonds. The summed E-state index contributed by atoms with van der Waals surface area (Å²) in [6.07, 6.45) is 10.9. The molecule has 4 atom stereocenters. The molecule has 4 rings (SSSR count). The van der Waals surface area contributed by atoms with Gasteiger partial charge in [0.05, 0.1) is 23.7 Å². The fraction of sp³-hybridized carbons (Fsp3) is 0.455. The third-order valence-corrected chi connectivity index (χ3v) is 10.7.